The molecule has 0 heterocycles. The predicted molar refractivity (Wildman–Crippen MR) is 68.9 cm³/mol. The first kappa shape index (κ1) is 16.5. The molecule has 0 fully saturated rings. The van der Waals surface area contributed by atoms with Gasteiger partial charge >= 0.3 is 5.97 Å². The number of halogens is 1. The molecule has 20 heavy (non-hydrogen) atoms. The number of benzene rings is 1. The van der Waals surface area contributed by atoms with Crippen molar-refractivity contribution in [2.24, 2.45) is 0 Å². The Morgan fingerprint density at radius 3 is 2.35 bits per heavy atom. The van der Waals surface area contributed by atoms with Crippen molar-refractivity contribution in [1.29, 1.82) is 0 Å². The van der Waals surface area contributed by atoms with Crippen LogP contribution in [0.5, 0.6) is 0 Å². The molecule has 112 valence electrons. The van der Waals surface area contributed by atoms with Gasteiger partial charge in [0.25, 0.3) is 0 Å². The Bertz CT molecular complexity index is 558. The third-order valence-electron chi connectivity index (χ3n) is 2.73. The first-order chi connectivity index (χ1) is 9.38. The number of ether oxygens (including phenoxy) is 1. The third kappa shape index (κ3) is 3.33. The number of aliphatic hydroxyl groups is 1. The highest BCUT2D eigenvalue weighted by Gasteiger charge is 2.35. The van der Waals surface area contributed by atoms with Crippen molar-refractivity contribution in [2.45, 2.75) is 17.9 Å². The number of rotatable bonds is 6. The normalized spacial score (nSPS) is 13.2. The second kappa shape index (κ2) is 6.78. The molecule has 1 rings (SSSR count). The van der Waals surface area contributed by atoms with Gasteiger partial charge in [-0.15, -0.1) is 0 Å². The average molecular weight is 305 g/mol. The van der Waals surface area contributed by atoms with Crippen LogP contribution in [0.1, 0.15) is 6.92 Å². The molecule has 1 aromatic rings. The van der Waals surface area contributed by atoms with Gasteiger partial charge in [-0.3, -0.25) is 4.79 Å². The molecule has 0 aliphatic heterocycles. The van der Waals surface area contributed by atoms with Gasteiger partial charge in [0.05, 0.1) is 18.6 Å². The van der Waals surface area contributed by atoms with E-state index in [9.17, 15) is 22.7 Å². The second-order valence-electron chi connectivity index (χ2n) is 3.88. The zero-order valence-corrected chi connectivity index (χ0v) is 11.9. The molecule has 0 aliphatic rings. The van der Waals surface area contributed by atoms with Gasteiger partial charge in [-0.05, 0) is 24.3 Å². The number of hydrogen-bond acceptors (Lipinski definition) is 5. The highest BCUT2D eigenvalue weighted by molar-refractivity contribution is 7.89. The molecule has 0 saturated carbocycles. The van der Waals surface area contributed by atoms with Crippen molar-refractivity contribution in [3.05, 3.63) is 30.1 Å². The topological polar surface area (TPSA) is 83.9 Å². The fourth-order valence-corrected chi connectivity index (χ4v) is 3.30. The lowest BCUT2D eigenvalue weighted by molar-refractivity contribution is -0.146. The van der Waals surface area contributed by atoms with E-state index in [1.54, 1.807) is 0 Å². The fourth-order valence-electron chi connectivity index (χ4n) is 1.72. The Labute approximate surface area is 116 Å². The number of esters is 1. The minimum atomic E-state index is -4.03. The van der Waals surface area contributed by atoms with Gasteiger partial charge in [0.1, 0.15) is 11.9 Å². The number of aliphatic hydroxyl groups excluding tert-OH is 1. The standard InChI is InChI=1S/C12H16FNO5S/c1-3-14(11(8-15)12(16)19-2)20(17,18)10-6-4-9(13)5-7-10/h4-7,11,15H,3,8H2,1-2H3/t11-/m0/s1. The van der Waals surface area contributed by atoms with Gasteiger partial charge in [-0.1, -0.05) is 6.92 Å². The van der Waals surface area contributed by atoms with Crippen molar-refractivity contribution in [3.8, 4) is 0 Å². The maximum atomic E-state index is 12.8. The van der Waals surface area contributed by atoms with Gasteiger partial charge < -0.3 is 9.84 Å². The summed E-state index contributed by atoms with van der Waals surface area (Å²) in [5.41, 5.74) is 0. The van der Waals surface area contributed by atoms with Gasteiger partial charge in [-0.2, -0.15) is 4.31 Å². The molecule has 1 atom stereocenters. The van der Waals surface area contributed by atoms with Gasteiger partial charge in [-0.25, -0.2) is 12.8 Å². The van der Waals surface area contributed by atoms with E-state index < -0.39 is 34.5 Å². The lowest BCUT2D eigenvalue weighted by Gasteiger charge is -2.26. The van der Waals surface area contributed by atoms with E-state index in [1.807, 2.05) is 0 Å². The van der Waals surface area contributed by atoms with Crippen molar-refractivity contribution in [3.63, 3.8) is 0 Å². The van der Waals surface area contributed by atoms with Crippen molar-refractivity contribution in [1.82, 2.24) is 4.31 Å². The van der Waals surface area contributed by atoms with E-state index in [4.69, 9.17) is 0 Å². The van der Waals surface area contributed by atoms with Crippen LogP contribution in [0.25, 0.3) is 0 Å². The van der Waals surface area contributed by atoms with Crippen molar-refractivity contribution in [2.75, 3.05) is 20.3 Å². The number of methoxy groups -OCH3 is 1. The number of nitrogens with zero attached hydrogens (tertiary/aromatic N) is 1. The molecular weight excluding hydrogens is 289 g/mol. The van der Waals surface area contributed by atoms with E-state index in [1.165, 1.54) is 6.92 Å². The molecule has 0 saturated heterocycles. The number of sulfonamides is 1. The lowest BCUT2D eigenvalue weighted by atomic mass is 10.3. The Morgan fingerprint density at radius 2 is 1.95 bits per heavy atom. The van der Waals surface area contributed by atoms with E-state index >= 15 is 0 Å². The largest absolute Gasteiger partial charge is 0.468 e. The lowest BCUT2D eigenvalue weighted by Crippen LogP contribution is -2.47. The zero-order chi connectivity index (χ0) is 15.3. The Kier molecular flexibility index (Phi) is 5.61. The summed E-state index contributed by atoms with van der Waals surface area (Å²) in [6.45, 7) is 0.771. The van der Waals surface area contributed by atoms with Crippen LogP contribution in [-0.2, 0) is 19.6 Å². The van der Waals surface area contributed by atoms with E-state index in [0.29, 0.717) is 0 Å². The molecule has 6 nitrogen and oxygen atoms in total. The summed E-state index contributed by atoms with van der Waals surface area (Å²) >= 11 is 0. The third-order valence-corrected chi connectivity index (χ3v) is 4.72. The molecule has 0 bridgehead atoms. The zero-order valence-electron chi connectivity index (χ0n) is 11.1. The number of hydrogen-bond donors (Lipinski definition) is 1. The first-order valence-electron chi connectivity index (χ1n) is 5.84. The maximum absolute atomic E-state index is 12.8. The molecule has 0 spiro atoms. The monoisotopic (exact) mass is 305 g/mol. The van der Waals surface area contributed by atoms with Crippen LogP contribution < -0.4 is 0 Å². The van der Waals surface area contributed by atoms with Crippen LogP contribution in [0, 0.1) is 5.82 Å². The molecule has 0 aromatic heterocycles. The SMILES string of the molecule is CCN([C@@H](CO)C(=O)OC)S(=O)(=O)c1ccc(F)cc1. The number of carbonyl (C=O) groups is 1. The molecule has 8 heteroatoms. The van der Waals surface area contributed by atoms with Gasteiger partial charge in [0.15, 0.2) is 0 Å². The van der Waals surface area contributed by atoms with Crippen LogP contribution in [0.4, 0.5) is 4.39 Å². The Hall–Kier alpha value is -1.51. The number of likely N-dealkylation sites (N-methyl/N-ethyl adjacent to an activating group) is 1. The minimum absolute atomic E-state index is 0.0416. The van der Waals surface area contributed by atoms with E-state index in [-0.39, 0.29) is 11.4 Å². The van der Waals surface area contributed by atoms with E-state index in [2.05, 4.69) is 4.74 Å². The summed E-state index contributed by atoms with van der Waals surface area (Å²) in [5.74, 6) is -1.43. The van der Waals surface area contributed by atoms with Crippen molar-refractivity contribution < 1.29 is 27.4 Å². The van der Waals surface area contributed by atoms with Crippen molar-refractivity contribution >= 4 is 16.0 Å². The average Bonchev–Trinajstić information content (AvgIpc) is 2.43. The van der Waals surface area contributed by atoms with Gasteiger partial charge in [0.2, 0.25) is 10.0 Å². The van der Waals surface area contributed by atoms with E-state index in [0.717, 1.165) is 35.7 Å². The molecular formula is C12H16FNO5S. The van der Waals surface area contributed by atoms with Crippen LogP contribution in [-0.4, -0.2) is 50.1 Å². The molecule has 1 aromatic carbocycles. The summed E-state index contributed by atoms with van der Waals surface area (Å²) in [6, 6.07) is 2.87. The molecule has 0 unspecified atom stereocenters. The molecule has 0 amide bonds. The minimum Gasteiger partial charge on any atom is -0.468 e. The second-order valence-corrected chi connectivity index (χ2v) is 5.77. The van der Waals surface area contributed by atoms with Crippen LogP contribution in [0.2, 0.25) is 0 Å². The summed E-state index contributed by atoms with van der Waals surface area (Å²) in [5, 5.41) is 9.22. The maximum Gasteiger partial charge on any atom is 0.326 e. The fraction of sp³-hybridized carbons (Fsp3) is 0.417. The Balaban J connectivity index is 3.21. The molecule has 0 aliphatic carbocycles. The highest BCUT2D eigenvalue weighted by atomic mass is 32.2. The molecule has 1 N–H and O–H groups in total. The van der Waals surface area contributed by atoms with Crippen LogP contribution >= 0.6 is 0 Å². The predicted octanol–water partition coefficient (Wildman–Crippen LogP) is 0.370. The summed E-state index contributed by atoms with van der Waals surface area (Å²) in [4.78, 5) is 11.4. The smallest absolute Gasteiger partial charge is 0.326 e. The number of carbonyl (C=O) groups excluding carboxylic acids is 1. The first-order valence-corrected chi connectivity index (χ1v) is 7.28. The van der Waals surface area contributed by atoms with Gasteiger partial charge in [0, 0.05) is 6.54 Å². The summed E-state index contributed by atoms with van der Waals surface area (Å²) in [7, 11) is -2.93. The van der Waals surface area contributed by atoms with Crippen LogP contribution in [0.3, 0.4) is 0 Å². The highest BCUT2D eigenvalue weighted by Crippen LogP contribution is 2.19. The summed E-state index contributed by atoms with van der Waals surface area (Å²) < 4.78 is 42.9. The Morgan fingerprint density at radius 1 is 1.40 bits per heavy atom. The van der Waals surface area contributed by atoms with Crippen LogP contribution in [0.15, 0.2) is 29.2 Å². The molecule has 0 radical (unpaired) electrons. The summed E-state index contributed by atoms with van der Waals surface area (Å²) in [6.07, 6.45) is 0. The quantitative estimate of drug-likeness (QED) is 0.768.